The van der Waals surface area contributed by atoms with Gasteiger partial charge < -0.3 is 8.83 Å². The van der Waals surface area contributed by atoms with E-state index in [1.54, 1.807) is 6.26 Å². The van der Waals surface area contributed by atoms with Crippen LogP contribution in [0.15, 0.2) is 21.5 Å². The predicted molar refractivity (Wildman–Crippen MR) is 66.2 cm³/mol. The van der Waals surface area contributed by atoms with Crippen molar-refractivity contribution in [1.29, 1.82) is 0 Å². The fourth-order valence-corrected chi connectivity index (χ4v) is 1.73. The maximum absolute atomic E-state index is 5.51. The third kappa shape index (κ3) is 2.60. The van der Waals surface area contributed by atoms with Crippen molar-refractivity contribution in [1.82, 2.24) is 15.2 Å². The highest BCUT2D eigenvalue weighted by Crippen LogP contribution is 2.27. The van der Waals surface area contributed by atoms with E-state index in [0.717, 1.165) is 11.6 Å². The number of nitrogens with zero attached hydrogens (tertiary/aromatic N) is 3. The van der Waals surface area contributed by atoms with Crippen LogP contribution in [-0.2, 0) is 17.3 Å². The fraction of sp³-hybridized carbons (Fsp3) is 0.615. The van der Waals surface area contributed by atoms with Crippen LogP contribution in [0.4, 0.5) is 0 Å². The molecule has 5 nitrogen and oxygen atoms in total. The molecule has 0 amide bonds. The Morgan fingerprint density at radius 1 is 1.06 bits per heavy atom. The highest BCUT2D eigenvalue weighted by molar-refractivity contribution is 5.10. The average Bonchev–Trinajstić information content (AvgIpc) is 2.83. The molecule has 98 valence electrons. The van der Waals surface area contributed by atoms with Crippen LogP contribution in [0.2, 0.25) is 0 Å². The molecule has 0 bridgehead atoms. The van der Waals surface area contributed by atoms with Crippen molar-refractivity contribution in [3.63, 3.8) is 0 Å². The molecule has 2 heterocycles. The Morgan fingerprint density at radius 2 is 1.78 bits per heavy atom. The number of aromatic nitrogens is 3. The molecule has 2 rings (SSSR count). The van der Waals surface area contributed by atoms with Gasteiger partial charge in [-0.2, -0.15) is 0 Å². The molecular weight excluding hydrogens is 230 g/mol. The van der Waals surface area contributed by atoms with Gasteiger partial charge in [0.05, 0.1) is 5.69 Å². The van der Waals surface area contributed by atoms with E-state index in [2.05, 4.69) is 36.0 Å². The molecule has 0 saturated heterocycles. The Morgan fingerprint density at radius 3 is 2.28 bits per heavy atom. The SMILES string of the molecule is CC(C)(C)c1nc(CC(C)(C)c2nnco2)co1. The van der Waals surface area contributed by atoms with Gasteiger partial charge in [-0.15, -0.1) is 10.2 Å². The van der Waals surface area contributed by atoms with E-state index in [0.29, 0.717) is 12.3 Å². The zero-order valence-corrected chi connectivity index (χ0v) is 11.5. The fourth-order valence-electron chi connectivity index (χ4n) is 1.73. The number of oxazole rings is 1. The van der Waals surface area contributed by atoms with Crippen LogP contribution in [0, 0.1) is 0 Å². The van der Waals surface area contributed by atoms with Gasteiger partial charge in [0, 0.05) is 17.3 Å². The maximum Gasteiger partial charge on any atom is 0.222 e. The van der Waals surface area contributed by atoms with E-state index in [1.807, 2.05) is 13.8 Å². The molecule has 2 aromatic heterocycles. The molecule has 0 aromatic carbocycles. The molecule has 0 fully saturated rings. The first-order valence-electron chi connectivity index (χ1n) is 6.00. The molecule has 0 unspecified atom stereocenters. The van der Waals surface area contributed by atoms with Crippen LogP contribution >= 0.6 is 0 Å². The largest absolute Gasteiger partial charge is 0.448 e. The number of hydrogen-bond donors (Lipinski definition) is 0. The topological polar surface area (TPSA) is 65.0 Å². The van der Waals surface area contributed by atoms with Gasteiger partial charge in [0.2, 0.25) is 12.3 Å². The summed E-state index contributed by atoms with van der Waals surface area (Å²) in [6.07, 6.45) is 3.76. The Labute approximate surface area is 107 Å². The van der Waals surface area contributed by atoms with Crippen molar-refractivity contribution < 1.29 is 8.83 Å². The summed E-state index contributed by atoms with van der Waals surface area (Å²) >= 11 is 0. The summed E-state index contributed by atoms with van der Waals surface area (Å²) in [5.74, 6) is 1.36. The third-order valence-electron chi connectivity index (χ3n) is 2.76. The highest BCUT2D eigenvalue weighted by Gasteiger charge is 2.29. The number of hydrogen-bond acceptors (Lipinski definition) is 5. The van der Waals surface area contributed by atoms with Gasteiger partial charge in [-0.05, 0) is 0 Å². The second-order valence-electron chi connectivity index (χ2n) is 6.20. The quantitative estimate of drug-likeness (QED) is 0.836. The predicted octanol–water partition coefficient (Wildman–Crippen LogP) is 2.88. The summed E-state index contributed by atoms with van der Waals surface area (Å²) in [7, 11) is 0. The Balaban J connectivity index is 2.17. The van der Waals surface area contributed by atoms with Gasteiger partial charge >= 0.3 is 0 Å². The van der Waals surface area contributed by atoms with Crippen LogP contribution in [0.3, 0.4) is 0 Å². The van der Waals surface area contributed by atoms with Crippen molar-refractivity contribution in [2.45, 2.75) is 51.9 Å². The lowest BCUT2D eigenvalue weighted by atomic mass is 9.88. The van der Waals surface area contributed by atoms with Gasteiger partial charge in [0.25, 0.3) is 0 Å². The van der Waals surface area contributed by atoms with Crippen molar-refractivity contribution in [2.75, 3.05) is 0 Å². The molecule has 0 radical (unpaired) electrons. The van der Waals surface area contributed by atoms with E-state index in [9.17, 15) is 0 Å². The third-order valence-corrected chi connectivity index (χ3v) is 2.76. The Bertz CT molecular complexity index is 507. The van der Waals surface area contributed by atoms with Gasteiger partial charge in [-0.1, -0.05) is 34.6 Å². The van der Waals surface area contributed by atoms with Crippen LogP contribution in [0.1, 0.15) is 52.1 Å². The standard InChI is InChI=1S/C13H19N3O2/c1-12(2,3)10-15-9(7-17-10)6-13(4,5)11-16-14-8-18-11/h7-8H,6H2,1-5H3. The molecule has 2 aromatic rings. The summed E-state index contributed by atoms with van der Waals surface area (Å²) in [6.45, 7) is 10.3. The van der Waals surface area contributed by atoms with Gasteiger partial charge in [0.15, 0.2) is 5.89 Å². The lowest BCUT2D eigenvalue weighted by Gasteiger charge is -2.18. The molecule has 5 heteroatoms. The Hall–Kier alpha value is -1.65. The monoisotopic (exact) mass is 249 g/mol. The van der Waals surface area contributed by atoms with Crippen LogP contribution in [0.5, 0.6) is 0 Å². The first-order chi connectivity index (χ1) is 8.29. The van der Waals surface area contributed by atoms with Crippen molar-refractivity contribution >= 4 is 0 Å². The minimum absolute atomic E-state index is 0.0765. The minimum Gasteiger partial charge on any atom is -0.448 e. The molecule has 0 atom stereocenters. The first-order valence-corrected chi connectivity index (χ1v) is 6.00. The zero-order valence-electron chi connectivity index (χ0n) is 11.5. The molecule has 0 aliphatic rings. The summed E-state index contributed by atoms with van der Waals surface area (Å²) in [6, 6.07) is 0. The van der Waals surface area contributed by atoms with E-state index in [-0.39, 0.29) is 10.8 Å². The van der Waals surface area contributed by atoms with Crippen molar-refractivity contribution in [3.8, 4) is 0 Å². The lowest BCUT2D eigenvalue weighted by molar-refractivity contribution is 0.364. The summed E-state index contributed by atoms with van der Waals surface area (Å²) in [4.78, 5) is 4.52. The summed E-state index contributed by atoms with van der Waals surface area (Å²) in [5.41, 5.74) is 0.582. The second kappa shape index (κ2) is 4.23. The maximum atomic E-state index is 5.51. The molecule has 0 aliphatic carbocycles. The zero-order chi connectivity index (χ0) is 13.4. The number of rotatable bonds is 3. The average molecular weight is 249 g/mol. The van der Waals surface area contributed by atoms with Crippen LogP contribution in [-0.4, -0.2) is 15.2 Å². The summed E-state index contributed by atoms with van der Waals surface area (Å²) < 4.78 is 10.8. The lowest BCUT2D eigenvalue weighted by Crippen LogP contribution is -2.21. The van der Waals surface area contributed by atoms with E-state index < -0.39 is 0 Å². The van der Waals surface area contributed by atoms with Crippen LogP contribution < -0.4 is 0 Å². The smallest absolute Gasteiger partial charge is 0.222 e. The highest BCUT2D eigenvalue weighted by atomic mass is 16.4. The van der Waals surface area contributed by atoms with E-state index in [1.165, 1.54) is 6.39 Å². The molecule has 0 spiro atoms. The van der Waals surface area contributed by atoms with Crippen molar-refractivity contribution in [2.24, 2.45) is 0 Å². The minimum atomic E-state index is -0.247. The van der Waals surface area contributed by atoms with E-state index >= 15 is 0 Å². The summed E-state index contributed by atoms with van der Waals surface area (Å²) in [5, 5.41) is 7.68. The second-order valence-corrected chi connectivity index (χ2v) is 6.20. The normalized spacial score (nSPS) is 12.9. The van der Waals surface area contributed by atoms with Crippen molar-refractivity contribution in [3.05, 3.63) is 30.1 Å². The molecule has 18 heavy (non-hydrogen) atoms. The van der Waals surface area contributed by atoms with Gasteiger partial charge in [0.1, 0.15) is 6.26 Å². The molecule has 0 aliphatic heterocycles. The Kier molecular flexibility index (Phi) is 3.00. The molecular formula is C13H19N3O2. The van der Waals surface area contributed by atoms with Gasteiger partial charge in [-0.25, -0.2) is 4.98 Å². The molecule has 0 N–H and O–H groups in total. The van der Waals surface area contributed by atoms with E-state index in [4.69, 9.17) is 8.83 Å². The molecule has 0 saturated carbocycles. The first kappa shape index (κ1) is 12.8. The van der Waals surface area contributed by atoms with Gasteiger partial charge in [-0.3, -0.25) is 0 Å². The van der Waals surface area contributed by atoms with Crippen LogP contribution in [0.25, 0.3) is 0 Å².